The molecule has 0 atom stereocenters. The molecule has 2 aliphatic rings. The minimum absolute atomic E-state index is 0.0294. The van der Waals surface area contributed by atoms with Crippen LogP contribution in [0.25, 0.3) is 0 Å². The third-order valence-electron chi connectivity index (χ3n) is 8.79. The molecule has 44 heavy (non-hydrogen) atoms. The highest BCUT2D eigenvalue weighted by atomic mass is 35.5. The summed E-state index contributed by atoms with van der Waals surface area (Å²) < 4.78 is 57.8. The van der Waals surface area contributed by atoms with Crippen LogP contribution in [0.2, 0.25) is 10.0 Å². The van der Waals surface area contributed by atoms with Gasteiger partial charge >= 0.3 is 12.1 Å². The normalized spacial score (nSPS) is 24.6. The molecule has 1 aromatic rings. The minimum Gasteiger partial charge on any atom is -0.481 e. The topological polar surface area (TPSA) is 102 Å². The predicted molar refractivity (Wildman–Crippen MR) is 161 cm³/mol. The molecule has 2 fully saturated rings. The number of nitrogens with one attached hydrogen (secondary N) is 1. The lowest BCUT2D eigenvalue weighted by atomic mass is 9.71. The van der Waals surface area contributed by atoms with Crippen LogP contribution in [0.1, 0.15) is 83.0 Å². The Morgan fingerprint density at radius 1 is 1.07 bits per heavy atom. The van der Waals surface area contributed by atoms with Crippen LogP contribution in [0.4, 0.5) is 17.6 Å². The van der Waals surface area contributed by atoms with Crippen molar-refractivity contribution in [2.75, 3.05) is 13.6 Å². The van der Waals surface area contributed by atoms with Crippen LogP contribution in [0.5, 0.6) is 0 Å². The number of hydrogen-bond acceptors (Lipinski definition) is 5. The molecule has 2 aliphatic carbocycles. The van der Waals surface area contributed by atoms with Gasteiger partial charge in [0.1, 0.15) is 11.5 Å². The molecule has 0 spiro atoms. The summed E-state index contributed by atoms with van der Waals surface area (Å²) in [5.74, 6) is -3.56. The first-order valence-electron chi connectivity index (χ1n) is 14.5. The Bertz CT molecular complexity index is 1300. The van der Waals surface area contributed by atoms with Gasteiger partial charge < -0.3 is 20.3 Å². The highest BCUT2D eigenvalue weighted by molar-refractivity contribution is 6.40. The maximum absolute atomic E-state index is 14.7. The molecule has 13 heteroatoms. The van der Waals surface area contributed by atoms with Gasteiger partial charge in [0.2, 0.25) is 0 Å². The maximum atomic E-state index is 14.7. The van der Waals surface area contributed by atoms with Gasteiger partial charge in [-0.1, -0.05) is 44.0 Å². The first kappa shape index (κ1) is 35.8. The fourth-order valence-electron chi connectivity index (χ4n) is 6.35. The summed E-state index contributed by atoms with van der Waals surface area (Å²) >= 11 is 12.2. The Kier molecular flexibility index (Phi) is 10.9. The van der Waals surface area contributed by atoms with Crippen LogP contribution in [-0.2, 0) is 9.59 Å². The van der Waals surface area contributed by atoms with E-state index >= 15 is 0 Å². The molecule has 0 radical (unpaired) electrons. The summed E-state index contributed by atoms with van der Waals surface area (Å²) in [6.07, 6.45) is -2.43. The summed E-state index contributed by atoms with van der Waals surface area (Å²) in [7, 11) is 1.18. The molecule has 2 N–H and O–H groups in total. The molecule has 0 aromatic heterocycles. The first-order valence-corrected chi connectivity index (χ1v) is 15.2. The number of Topliss-reactive ketones (excluding diaryl/α,β-unsaturated/α-hetero) is 1. The number of ketones is 1. The van der Waals surface area contributed by atoms with E-state index in [0.29, 0.717) is 19.1 Å². The quantitative estimate of drug-likeness (QED) is 0.115. The van der Waals surface area contributed by atoms with E-state index in [1.165, 1.54) is 7.05 Å². The lowest BCUT2D eigenvalue weighted by Gasteiger charge is -2.45. The Hall–Kier alpha value is -2.66. The Labute approximate surface area is 265 Å². The minimum atomic E-state index is -5.04. The molecule has 0 heterocycles. The standard InChI is InChI=1S/C31H39Cl2F4N3O4/c1-29(2,3)14-17-10-20(11-17)40(16-24(41)25-22(32)12-18(34)13-23(25)33)27(42)21(15-38)26(31(35,36)37)39(5)19-6-8-30(4,9-7-19)28(43)44/h12-13,15,17,19-20,38H,6-11,14,16H2,1-5H3,(H,43,44). The van der Waals surface area contributed by atoms with E-state index < -0.39 is 65.0 Å². The lowest BCUT2D eigenvalue weighted by molar-refractivity contribution is -0.151. The van der Waals surface area contributed by atoms with E-state index in [1.54, 1.807) is 6.92 Å². The number of benzene rings is 1. The molecule has 0 unspecified atom stereocenters. The van der Waals surface area contributed by atoms with Gasteiger partial charge in [0.25, 0.3) is 5.91 Å². The zero-order valence-corrected chi connectivity index (χ0v) is 27.0. The number of aliphatic carboxylic acids is 1. The third-order valence-corrected chi connectivity index (χ3v) is 9.38. The molecular formula is C31H39Cl2F4N3O4. The first-order chi connectivity index (χ1) is 20.2. The van der Waals surface area contributed by atoms with Gasteiger partial charge in [-0.3, -0.25) is 14.4 Å². The summed E-state index contributed by atoms with van der Waals surface area (Å²) in [4.78, 5) is 41.0. The molecule has 0 bridgehead atoms. The second-order valence-corrected chi connectivity index (χ2v) is 14.3. The van der Waals surface area contributed by atoms with Crippen LogP contribution in [0, 0.1) is 28.0 Å². The summed E-state index contributed by atoms with van der Waals surface area (Å²) in [6.45, 7) is 7.03. The lowest BCUT2D eigenvalue weighted by Crippen LogP contribution is -2.52. The van der Waals surface area contributed by atoms with Crippen molar-refractivity contribution in [2.45, 2.75) is 90.9 Å². The second kappa shape index (κ2) is 13.4. The van der Waals surface area contributed by atoms with Crippen molar-refractivity contribution in [3.63, 3.8) is 0 Å². The Balaban J connectivity index is 2.01. The predicted octanol–water partition coefficient (Wildman–Crippen LogP) is 7.79. The maximum Gasteiger partial charge on any atom is 0.431 e. The van der Waals surface area contributed by atoms with Crippen LogP contribution >= 0.6 is 23.2 Å². The fourth-order valence-corrected chi connectivity index (χ4v) is 7.02. The largest absolute Gasteiger partial charge is 0.481 e. The van der Waals surface area contributed by atoms with Crippen LogP contribution in [0.15, 0.2) is 23.4 Å². The third kappa shape index (κ3) is 8.13. The molecule has 2 saturated carbocycles. The number of amides is 1. The Morgan fingerprint density at radius 2 is 1.59 bits per heavy atom. The van der Waals surface area contributed by atoms with Crippen molar-refractivity contribution in [1.29, 1.82) is 5.41 Å². The van der Waals surface area contributed by atoms with Crippen molar-refractivity contribution in [3.8, 4) is 0 Å². The van der Waals surface area contributed by atoms with E-state index in [1.807, 2.05) is 0 Å². The van der Waals surface area contributed by atoms with Gasteiger partial charge in [0.05, 0.1) is 33.1 Å². The molecule has 1 aromatic carbocycles. The highest BCUT2D eigenvalue weighted by Gasteiger charge is 2.47. The van der Waals surface area contributed by atoms with Crippen molar-refractivity contribution in [2.24, 2.45) is 16.7 Å². The van der Waals surface area contributed by atoms with Gasteiger partial charge in [-0.2, -0.15) is 13.2 Å². The number of carboxylic acid groups (broad SMARTS) is 1. The number of halogens is 6. The number of carbonyl (C=O) groups is 3. The second-order valence-electron chi connectivity index (χ2n) is 13.5. The summed E-state index contributed by atoms with van der Waals surface area (Å²) in [6, 6.07) is 0.453. The van der Waals surface area contributed by atoms with Crippen molar-refractivity contribution < 1.29 is 37.1 Å². The number of rotatable bonds is 10. The molecular weight excluding hydrogens is 625 g/mol. The van der Waals surface area contributed by atoms with Crippen molar-refractivity contribution in [3.05, 3.63) is 44.8 Å². The smallest absolute Gasteiger partial charge is 0.431 e. The van der Waals surface area contributed by atoms with Gasteiger partial charge in [-0.25, -0.2) is 4.39 Å². The van der Waals surface area contributed by atoms with Crippen LogP contribution < -0.4 is 0 Å². The number of carbonyl (C=O) groups excluding carboxylic acids is 2. The number of nitrogens with zero attached hydrogens (tertiary/aromatic N) is 2. The zero-order valence-electron chi connectivity index (χ0n) is 25.5. The number of alkyl halides is 3. The number of carboxylic acids is 1. The number of hydrogen-bond donors (Lipinski definition) is 2. The highest BCUT2D eigenvalue weighted by Crippen LogP contribution is 2.43. The van der Waals surface area contributed by atoms with Gasteiger partial charge in [0, 0.05) is 25.3 Å². The van der Waals surface area contributed by atoms with E-state index in [0.717, 1.165) is 28.4 Å². The average Bonchev–Trinajstić information content (AvgIpc) is 2.85. The van der Waals surface area contributed by atoms with Crippen LogP contribution in [0.3, 0.4) is 0 Å². The molecule has 7 nitrogen and oxygen atoms in total. The van der Waals surface area contributed by atoms with Gasteiger partial charge in [0.15, 0.2) is 5.78 Å². The van der Waals surface area contributed by atoms with E-state index in [-0.39, 0.29) is 52.6 Å². The fraction of sp³-hybridized carbons (Fsp3) is 0.613. The molecule has 0 aliphatic heterocycles. The average molecular weight is 665 g/mol. The molecule has 1 amide bonds. The van der Waals surface area contributed by atoms with Gasteiger partial charge in [-0.05, 0) is 75.3 Å². The SMILES string of the molecule is CN(C(=C(C=N)C(=O)N(CC(=O)c1c(Cl)cc(F)cc1Cl)C1CC(CC(C)(C)C)C1)C(F)(F)F)C1CCC(C)(C(=O)O)CC1. The van der Waals surface area contributed by atoms with E-state index in [4.69, 9.17) is 28.6 Å². The summed E-state index contributed by atoms with van der Waals surface area (Å²) in [5.41, 5.74) is -3.61. The zero-order chi connectivity index (χ0) is 33.4. The molecule has 244 valence electrons. The molecule has 0 saturated heterocycles. The van der Waals surface area contributed by atoms with Crippen molar-refractivity contribution in [1.82, 2.24) is 9.80 Å². The number of allylic oxidation sites excluding steroid dienone is 1. The van der Waals surface area contributed by atoms with Crippen LogP contribution in [-0.4, -0.2) is 70.6 Å². The van der Waals surface area contributed by atoms with E-state index in [9.17, 15) is 37.1 Å². The van der Waals surface area contributed by atoms with Gasteiger partial charge in [-0.15, -0.1) is 0 Å². The molecule has 3 rings (SSSR count). The monoisotopic (exact) mass is 663 g/mol. The van der Waals surface area contributed by atoms with Crippen molar-refractivity contribution >= 4 is 47.1 Å². The van der Waals surface area contributed by atoms with E-state index in [2.05, 4.69) is 20.8 Å². The summed E-state index contributed by atoms with van der Waals surface area (Å²) in [5, 5.41) is 16.9. The Morgan fingerprint density at radius 3 is 2.02 bits per heavy atom.